The van der Waals surface area contributed by atoms with Gasteiger partial charge in [-0.25, -0.2) is 4.98 Å². The molecular weight excluding hydrogens is 314 g/mol. The van der Waals surface area contributed by atoms with Crippen molar-refractivity contribution >= 4 is 21.6 Å². The molecule has 130 valence electrons. The highest BCUT2D eigenvalue weighted by molar-refractivity contribution is 7.18. The molecule has 1 aromatic heterocycles. The van der Waals surface area contributed by atoms with E-state index >= 15 is 0 Å². The van der Waals surface area contributed by atoms with E-state index in [1.54, 1.807) is 0 Å². The van der Waals surface area contributed by atoms with Crippen molar-refractivity contribution in [2.24, 2.45) is 11.8 Å². The number of benzene rings is 1. The van der Waals surface area contributed by atoms with Gasteiger partial charge in [0.05, 0.1) is 15.2 Å². The van der Waals surface area contributed by atoms with Crippen molar-refractivity contribution < 1.29 is 0 Å². The SMILES string of the molecule is CC1CN(C)CCC1c1nc2cc(C3CC[C@H](C)CN3)ccc2s1. The fourth-order valence-corrected chi connectivity index (χ4v) is 5.56. The molecule has 3 unspecified atom stereocenters. The summed E-state index contributed by atoms with van der Waals surface area (Å²) in [5, 5.41) is 5.06. The number of hydrogen-bond acceptors (Lipinski definition) is 4. The van der Waals surface area contributed by atoms with Crippen LogP contribution in [-0.4, -0.2) is 36.6 Å². The van der Waals surface area contributed by atoms with Crippen molar-refractivity contribution in [3.05, 3.63) is 28.8 Å². The van der Waals surface area contributed by atoms with E-state index in [2.05, 4.69) is 49.3 Å². The predicted molar refractivity (Wildman–Crippen MR) is 103 cm³/mol. The molecule has 0 spiro atoms. The molecule has 24 heavy (non-hydrogen) atoms. The topological polar surface area (TPSA) is 28.2 Å². The van der Waals surface area contributed by atoms with Crippen LogP contribution in [-0.2, 0) is 0 Å². The summed E-state index contributed by atoms with van der Waals surface area (Å²) in [6, 6.07) is 7.46. The van der Waals surface area contributed by atoms with Crippen LogP contribution in [0.4, 0.5) is 0 Å². The highest BCUT2D eigenvalue weighted by Gasteiger charge is 2.28. The Morgan fingerprint density at radius 3 is 2.83 bits per heavy atom. The lowest BCUT2D eigenvalue weighted by atomic mass is 9.88. The van der Waals surface area contributed by atoms with Crippen molar-refractivity contribution in [1.29, 1.82) is 0 Å². The van der Waals surface area contributed by atoms with Crippen LogP contribution in [0.15, 0.2) is 18.2 Å². The number of rotatable bonds is 2. The Kier molecular flexibility index (Phi) is 4.63. The van der Waals surface area contributed by atoms with E-state index < -0.39 is 0 Å². The van der Waals surface area contributed by atoms with Crippen LogP contribution in [0.2, 0.25) is 0 Å². The van der Waals surface area contributed by atoms with Gasteiger partial charge in [-0.1, -0.05) is 19.9 Å². The molecule has 3 nitrogen and oxygen atoms in total. The van der Waals surface area contributed by atoms with Crippen LogP contribution in [0.25, 0.3) is 10.2 Å². The molecule has 2 aliphatic rings. The fraction of sp³-hybridized carbons (Fsp3) is 0.650. The number of piperidine rings is 2. The van der Waals surface area contributed by atoms with E-state index in [0.717, 1.165) is 12.5 Å². The first kappa shape index (κ1) is 16.5. The number of thiazole rings is 1. The first-order valence-electron chi connectivity index (χ1n) is 9.42. The Bertz CT molecular complexity index is 702. The summed E-state index contributed by atoms with van der Waals surface area (Å²) in [6.07, 6.45) is 3.81. The summed E-state index contributed by atoms with van der Waals surface area (Å²) >= 11 is 1.91. The molecule has 0 aliphatic carbocycles. The lowest BCUT2D eigenvalue weighted by Crippen LogP contribution is -2.35. The summed E-state index contributed by atoms with van der Waals surface area (Å²) in [4.78, 5) is 7.50. The second-order valence-corrected chi connectivity index (χ2v) is 9.12. The van der Waals surface area contributed by atoms with E-state index in [4.69, 9.17) is 4.98 Å². The smallest absolute Gasteiger partial charge is 0.0973 e. The Morgan fingerprint density at radius 1 is 1.21 bits per heavy atom. The van der Waals surface area contributed by atoms with Gasteiger partial charge in [-0.05, 0) is 68.9 Å². The maximum absolute atomic E-state index is 5.05. The fourth-order valence-electron chi connectivity index (χ4n) is 4.34. The molecule has 3 heterocycles. The molecule has 0 amide bonds. The molecule has 2 aliphatic heterocycles. The standard InChI is InChI=1S/C20H29N3S/c1-13-4-6-17(21-11-13)15-5-7-19-18(10-15)22-20(24-19)16-8-9-23(3)12-14(16)2/h5,7,10,13-14,16-17,21H,4,6,8-9,11-12H2,1-3H3/t13-,14?,16?,17?/m0/s1. The van der Waals surface area contributed by atoms with E-state index in [1.165, 1.54) is 53.1 Å². The van der Waals surface area contributed by atoms with Crippen LogP contribution in [0.1, 0.15) is 55.6 Å². The molecule has 1 N–H and O–H groups in total. The molecule has 4 heteroatoms. The van der Waals surface area contributed by atoms with Crippen LogP contribution in [0, 0.1) is 11.8 Å². The third kappa shape index (κ3) is 3.24. The highest BCUT2D eigenvalue weighted by Crippen LogP contribution is 2.37. The van der Waals surface area contributed by atoms with E-state index in [1.807, 2.05) is 11.3 Å². The Hall–Kier alpha value is -0.970. The summed E-state index contributed by atoms with van der Waals surface area (Å²) in [6.45, 7) is 8.24. The molecule has 4 rings (SSSR count). The van der Waals surface area contributed by atoms with E-state index in [-0.39, 0.29) is 0 Å². The number of nitrogens with zero attached hydrogens (tertiary/aromatic N) is 2. The second-order valence-electron chi connectivity index (χ2n) is 8.06. The Balaban J connectivity index is 1.57. The minimum absolute atomic E-state index is 0.512. The molecular formula is C20H29N3S. The summed E-state index contributed by atoms with van der Waals surface area (Å²) < 4.78 is 1.35. The average Bonchev–Trinajstić information content (AvgIpc) is 2.98. The Morgan fingerprint density at radius 2 is 2.08 bits per heavy atom. The summed E-state index contributed by atoms with van der Waals surface area (Å²) in [5.74, 6) is 2.14. The lowest BCUT2D eigenvalue weighted by Gasteiger charge is -2.33. The van der Waals surface area contributed by atoms with Gasteiger partial charge in [0.2, 0.25) is 0 Å². The zero-order valence-corrected chi connectivity index (χ0v) is 15.9. The maximum atomic E-state index is 5.05. The Labute approximate surface area is 149 Å². The zero-order chi connectivity index (χ0) is 16.7. The van der Waals surface area contributed by atoms with Gasteiger partial charge in [0.25, 0.3) is 0 Å². The van der Waals surface area contributed by atoms with Crippen molar-refractivity contribution in [2.45, 2.75) is 45.1 Å². The molecule has 4 atom stereocenters. The van der Waals surface area contributed by atoms with Crippen molar-refractivity contribution in [2.75, 3.05) is 26.7 Å². The lowest BCUT2D eigenvalue weighted by molar-refractivity contribution is 0.195. The molecule has 1 aromatic carbocycles. The number of likely N-dealkylation sites (tertiary alicyclic amines) is 1. The minimum Gasteiger partial charge on any atom is -0.310 e. The van der Waals surface area contributed by atoms with Crippen LogP contribution >= 0.6 is 11.3 Å². The molecule has 0 saturated carbocycles. The summed E-state index contributed by atoms with van der Waals surface area (Å²) in [7, 11) is 2.23. The largest absolute Gasteiger partial charge is 0.310 e. The van der Waals surface area contributed by atoms with Crippen LogP contribution in [0.5, 0.6) is 0 Å². The third-order valence-electron chi connectivity index (χ3n) is 5.92. The number of fused-ring (bicyclic) bond motifs is 1. The quantitative estimate of drug-likeness (QED) is 0.875. The number of hydrogen-bond donors (Lipinski definition) is 1. The van der Waals surface area contributed by atoms with Crippen molar-refractivity contribution in [3.63, 3.8) is 0 Å². The summed E-state index contributed by atoms with van der Waals surface area (Å²) in [5.41, 5.74) is 2.63. The third-order valence-corrected chi connectivity index (χ3v) is 7.09. The monoisotopic (exact) mass is 343 g/mol. The minimum atomic E-state index is 0.512. The molecule has 2 fully saturated rings. The van der Waals surface area contributed by atoms with Crippen LogP contribution < -0.4 is 5.32 Å². The van der Waals surface area contributed by atoms with Gasteiger partial charge in [0.15, 0.2) is 0 Å². The van der Waals surface area contributed by atoms with Crippen molar-refractivity contribution in [1.82, 2.24) is 15.2 Å². The van der Waals surface area contributed by atoms with Crippen LogP contribution in [0.3, 0.4) is 0 Å². The van der Waals surface area contributed by atoms with Gasteiger partial charge in [0.1, 0.15) is 0 Å². The van der Waals surface area contributed by atoms with E-state index in [9.17, 15) is 0 Å². The van der Waals surface area contributed by atoms with Gasteiger partial charge < -0.3 is 10.2 Å². The first-order valence-corrected chi connectivity index (χ1v) is 10.2. The number of nitrogens with one attached hydrogen (secondary N) is 1. The van der Waals surface area contributed by atoms with Crippen molar-refractivity contribution in [3.8, 4) is 0 Å². The highest BCUT2D eigenvalue weighted by atomic mass is 32.1. The van der Waals surface area contributed by atoms with Gasteiger partial charge in [0, 0.05) is 18.5 Å². The first-order chi connectivity index (χ1) is 11.6. The molecule has 2 saturated heterocycles. The molecule has 0 radical (unpaired) electrons. The predicted octanol–water partition coefficient (Wildman–Crippen LogP) is 4.41. The van der Waals surface area contributed by atoms with Gasteiger partial charge in [-0.15, -0.1) is 11.3 Å². The van der Waals surface area contributed by atoms with E-state index in [0.29, 0.717) is 17.9 Å². The van der Waals surface area contributed by atoms with Gasteiger partial charge in [-0.3, -0.25) is 0 Å². The maximum Gasteiger partial charge on any atom is 0.0973 e. The number of aromatic nitrogens is 1. The zero-order valence-electron chi connectivity index (χ0n) is 15.1. The second kappa shape index (κ2) is 6.74. The molecule has 0 bridgehead atoms. The average molecular weight is 344 g/mol. The van der Waals surface area contributed by atoms with Gasteiger partial charge >= 0.3 is 0 Å². The molecule has 2 aromatic rings. The normalized spacial score (nSPS) is 32.3. The van der Waals surface area contributed by atoms with Gasteiger partial charge in [-0.2, -0.15) is 0 Å².